The first kappa shape index (κ1) is 48.6. The van der Waals surface area contributed by atoms with E-state index < -0.39 is 0 Å². The van der Waals surface area contributed by atoms with Gasteiger partial charge in [-0.05, 0) is 78.9 Å². The van der Waals surface area contributed by atoms with Crippen LogP contribution in [0.4, 0.5) is 11.9 Å². The smallest absolute Gasteiger partial charge is 0.225 e. The van der Waals surface area contributed by atoms with E-state index in [2.05, 4.69) is 66.1 Å². The Labute approximate surface area is 366 Å². The summed E-state index contributed by atoms with van der Waals surface area (Å²) in [5, 5.41) is 0. The van der Waals surface area contributed by atoms with Crippen LogP contribution in [0.1, 0.15) is 180 Å². The number of nitrogens with two attached hydrogens (primary N) is 2. The molecular formula is C50H77N5O4S. The molecule has 0 atom stereocenters. The van der Waals surface area contributed by atoms with Crippen molar-refractivity contribution in [3.63, 3.8) is 0 Å². The maximum Gasteiger partial charge on any atom is 0.225 e. The van der Waals surface area contributed by atoms with Gasteiger partial charge in [0.1, 0.15) is 12.4 Å². The fourth-order valence-electron chi connectivity index (χ4n) is 7.33. The molecule has 0 aliphatic heterocycles. The molecule has 60 heavy (non-hydrogen) atoms. The third kappa shape index (κ3) is 19.1. The largest absolute Gasteiger partial charge is 0.490 e. The fraction of sp³-hybridized carbons (Fsp3) is 0.620. The van der Waals surface area contributed by atoms with Gasteiger partial charge in [0.25, 0.3) is 0 Å². The second kappa shape index (κ2) is 30.1. The number of hydrogen-bond acceptors (Lipinski definition) is 10. The lowest BCUT2D eigenvalue weighted by Crippen LogP contribution is -2.08. The van der Waals surface area contributed by atoms with E-state index >= 15 is 0 Å². The Kier molecular flexibility index (Phi) is 24.4. The number of nitrogen functional groups attached to an aromatic ring is 2. The van der Waals surface area contributed by atoms with Crippen LogP contribution in [-0.4, -0.2) is 34.8 Å². The Balaban J connectivity index is 1.43. The molecule has 0 aliphatic rings. The van der Waals surface area contributed by atoms with Crippen LogP contribution < -0.4 is 30.4 Å². The molecule has 10 heteroatoms. The summed E-state index contributed by atoms with van der Waals surface area (Å²) in [6.45, 7) is 9.17. The molecule has 2 heterocycles. The third-order valence-electron chi connectivity index (χ3n) is 10.9. The fourth-order valence-corrected chi connectivity index (χ4v) is 8.28. The van der Waals surface area contributed by atoms with E-state index in [4.69, 9.17) is 30.4 Å². The molecule has 0 fully saturated rings. The summed E-state index contributed by atoms with van der Waals surface area (Å²) in [6.07, 6.45) is 30.2. The lowest BCUT2D eigenvalue weighted by Gasteiger charge is -2.19. The Bertz CT molecular complexity index is 1650. The Morgan fingerprint density at radius 1 is 0.450 bits per heavy atom. The molecule has 0 saturated carbocycles. The van der Waals surface area contributed by atoms with E-state index in [-0.39, 0.29) is 11.9 Å². The number of hydrogen-bond donors (Lipinski definition) is 2. The molecule has 4 rings (SSSR count). The quantitative estimate of drug-likeness (QED) is 0.0435. The van der Waals surface area contributed by atoms with E-state index in [0.717, 1.165) is 63.1 Å². The van der Waals surface area contributed by atoms with Crippen molar-refractivity contribution in [2.45, 2.75) is 181 Å². The second-order valence-electron chi connectivity index (χ2n) is 16.2. The molecule has 9 nitrogen and oxygen atoms in total. The van der Waals surface area contributed by atoms with Crippen molar-refractivity contribution in [2.75, 3.05) is 31.3 Å². The van der Waals surface area contributed by atoms with E-state index in [1.54, 1.807) is 11.3 Å². The van der Waals surface area contributed by atoms with Gasteiger partial charge in [0.15, 0.2) is 17.3 Å². The second-order valence-corrected chi connectivity index (χ2v) is 17.3. The SMILES string of the molecule is CCCCCCCCCCOc1cc(COc2ccc(-c3ccc(-c4nc(N)nc(N)n4)s3)cc2)cc(OCCCCCCCCCC)c1OCCCCCCCCCC. The molecule has 0 saturated heterocycles. The first-order chi connectivity index (χ1) is 29.5. The van der Waals surface area contributed by atoms with Gasteiger partial charge in [-0.3, -0.25) is 0 Å². The van der Waals surface area contributed by atoms with Gasteiger partial charge in [0.05, 0.1) is 24.7 Å². The Morgan fingerprint density at radius 2 is 0.867 bits per heavy atom. The maximum atomic E-state index is 6.58. The van der Waals surface area contributed by atoms with Crippen LogP contribution in [0.5, 0.6) is 23.0 Å². The topological polar surface area (TPSA) is 128 Å². The summed E-state index contributed by atoms with van der Waals surface area (Å²) in [5.41, 5.74) is 13.7. The number of benzene rings is 2. The molecule has 2 aromatic carbocycles. The maximum absolute atomic E-state index is 6.58. The van der Waals surface area contributed by atoms with Gasteiger partial charge >= 0.3 is 0 Å². The summed E-state index contributed by atoms with van der Waals surface area (Å²) in [7, 11) is 0. The van der Waals surface area contributed by atoms with Crippen LogP contribution in [0, 0.1) is 0 Å². The number of aromatic nitrogens is 3. The highest BCUT2D eigenvalue weighted by Crippen LogP contribution is 2.40. The van der Waals surface area contributed by atoms with Crippen molar-refractivity contribution in [1.82, 2.24) is 15.0 Å². The van der Waals surface area contributed by atoms with Crippen LogP contribution in [0.15, 0.2) is 48.5 Å². The predicted octanol–water partition coefficient (Wildman–Crippen LogP) is 14.6. The van der Waals surface area contributed by atoms with E-state index in [9.17, 15) is 0 Å². The summed E-state index contributed by atoms with van der Waals surface area (Å²) in [4.78, 5) is 14.3. The summed E-state index contributed by atoms with van der Waals surface area (Å²) in [5.74, 6) is 3.74. The zero-order valence-electron chi connectivity index (χ0n) is 37.5. The molecule has 0 amide bonds. The number of thiophene rings is 1. The van der Waals surface area contributed by atoms with Crippen LogP contribution in [0.2, 0.25) is 0 Å². The van der Waals surface area contributed by atoms with Crippen molar-refractivity contribution in [2.24, 2.45) is 0 Å². The lowest BCUT2D eigenvalue weighted by atomic mass is 10.1. The Morgan fingerprint density at radius 3 is 1.33 bits per heavy atom. The van der Waals surface area contributed by atoms with E-state index in [0.29, 0.717) is 32.3 Å². The van der Waals surface area contributed by atoms with Crippen LogP contribution in [-0.2, 0) is 6.61 Å². The standard InChI is InChI=1S/C50H77N5O4S/c1-4-7-10-13-16-19-22-25-34-56-43-37-40(39-59-42-30-28-41(29-31-42)45-32-33-46(60-45)48-53-49(51)55-50(52)54-48)38-44(57-35-26-23-20-17-14-11-8-5-2)47(43)58-36-27-24-21-18-15-12-9-6-3/h28-33,37-38H,4-27,34-36,39H2,1-3H3,(H4,51,52,53,54,55). The Hall–Kier alpha value is -4.05. The highest BCUT2D eigenvalue weighted by molar-refractivity contribution is 7.18. The van der Waals surface area contributed by atoms with Crippen molar-refractivity contribution in [3.05, 3.63) is 54.1 Å². The first-order valence-corrected chi connectivity index (χ1v) is 24.5. The van der Waals surface area contributed by atoms with Crippen LogP contribution in [0.3, 0.4) is 0 Å². The van der Waals surface area contributed by atoms with Gasteiger partial charge in [-0.25, -0.2) is 0 Å². The minimum absolute atomic E-state index is 0.110. The number of rotatable bonds is 35. The molecule has 0 spiro atoms. The van der Waals surface area contributed by atoms with Gasteiger partial charge in [-0.15, -0.1) is 11.3 Å². The summed E-state index contributed by atoms with van der Waals surface area (Å²) < 4.78 is 26.1. The molecule has 4 aromatic rings. The van der Waals surface area contributed by atoms with Gasteiger partial charge in [-0.2, -0.15) is 15.0 Å². The molecule has 0 unspecified atom stereocenters. The minimum Gasteiger partial charge on any atom is -0.490 e. The van der Waals surface area contributed by atoms with Crippen molar-refractivity contribution in [1.29, 1.82) is 0 Å². The third-order valence-corrected chi connectivity index (χ3v) is 12.0. The highest BCUT2D eigenvalue weighted by Gasteiger charge is 2.17. The normalized spacial score (nSPS) is 11.2. The van der Waals surface area contributed by atoms with Crippen molar-refractivity contribution >= 4 is 23.2 Å². The van der Waals surface area contributed by atoms with Gasteiger partial charge in [0.2, 0.25) is 17.6 Å². The highest BCUT2D eigenvalue weighted by atomic mass is 32.1. The van der Waals surface area contributed by atoms with Crippen LogP contribution >= 0.6 is 11.3 Å². The number of nitrogens with zero attached hydrogens (tertiary/aromatic N) is 3. The average Bonchev–Trinajstić information content (AvgIpc) is 3.75. The van der Waals surface area contributed by atoms with E-state index in [1.165, 1.54) is 135 Å². The molecule has 0 aliphatic carbocycles. The van der Waals surface area contributed by atoms with Gasteiger partial charge in [0, 0.05) is 4.88 Å². The number of unbranched alkanes of at least 4 members (excludes halogenated alkanes) is 21. The molecule has 0 radical (unpaired) electrons. The lowest BCUT2D eigenvalue weighted by molar-refractivity contribution is 0.232. The van der Waals surface area contributed by atoms with Gasteiger partial charge < -0.3 is 30.4 Å². The number of ether oxygens (including phenoxy) is 4. The molecular weight excluding hydrogens is 767 g/mol. The summed E-state index contributed by atoms with van der Waals surface area (Å²) >= 11 is 1.57. The predicted molar refractivity (Wildman–Crippen MR) is 252 cm³/mol. The van der Waals surface area contributed by atoms with Crippen molar-refractivity contribution in [3.8, 4) is 44.1 Å². The zero-order valence-corrected chi connectivity index (χ0v) is 38.3. The van der Waals surface area contributed by atoms with Crippen LogP contribution in [0.25, 0.3) is 21.1 Å². The minimum atomic E-state index is 0.110. The van der Waals surface area contributed by atoms with Gasteiger partial charge in [-0.1, -0.05) is 156 Å². The molecule has 2 aromatic heterocycles. The molecule has 0 bridgehead atoms. The summed E-state index contributed by atoms with van der Waals surface area (Å²) in [6, 6.07) is 16.4. The molecule has 332 valence electrons. The average molecular weight is 844 g/mol. The van der Waals surface area contributed by atoms with E-state index in [1.807, 2.05) is 18.2 Å². The van der Waals surface area contributed by atoms with Crippen molar-refractivity contribution < 1.29 is 18.9 Å². The zero-order chi connectivity index (χ0) is 42.5. The monoisotopic (exact) mass is 844 g/mol. The number of anilines is 2. The first-order valence-electron chi connectivity index (χ1n) is 23.7. The molecule has 4 N–H and O–H groups in total.